The summed E-state index contributed by atoms with van der Waals surface area (Å²) < 4.78 is 59.1. The summed E-state index contributed by atoms with van der Waals surface area (Å²) in [6, 6.07) is 0. The molecule has 2 heterocycles. The van der Waals surface area contributed by atoms with Crippen LogP contribution in [0.2, 0.25) is 0 Å². The molecule has 5 saturated carbocycles. The molecule has 274 valence electrons. The maximum atomic E-state index is 17.6. The second-order valence-corrected chi connectivity index (χ2v) is 18.7. The van der Waals surface area contributed by atoms with Crippen LogP contribution in [0.4, 0.5) is 8.78 Å². The fraction of sp³-hybridized carbons (Fsp3) is 0.973. The Balaban J connectivity index is 1.17. The Labute approximate surface area is 283 Å². The fourth-order valence-electron chi connectivity index (χ4n) is 13.6. The quantitative estimate of drug-likeness (QED) is 0.242. The molecule has 5 aliphatic carbocycles. The second kappa shape index (κ2) is 10.8. The van der Waals surface area contributed by atoms with E-state index in [0.29, 0.717) is 25.7 Å². The molecule has 2 spiro atoms. The summed E-state index contributed by atoms with van der Waals surface area (Å²) in [6.07, 6.45) is -2.37. The average molecular weight is 685 g/mol. The Morgan fingerprint density at radius 3 is 2.25 bits per heavy atom. The molecule has 0 radical (unpaired) electrons. The first-order valence-corrected chi connectivity index (χ1v) is 18.3. The van der Waals surface area contributed by atoms with E-state index in [4.69, 9.17) is 18.9 Å². The number of esters is 1. The normalized spacial score (nSPS) is 54.1. The van der Waals surface area contributed by atoms with Crippen molar-refractivity contribution in [2.24, 2.45) is 50.7 Å². The smallest absolute Gasteiger partial charge is 0.303 e. The van der Waals surface area contributed by atoms with Crippen LogP contribution in [0.5, 0.6) is 0 Å². The number of rotatable bonds is 5. The molecule has 0 aromatic carbocycles. The van der Waals surface area contributed by atoms with Crippen molar-refractivity contribution in [1.29, 1.82) is 0 Å². The highest BCUT2D eigenvalue weighted by Gasteiger charge is 2.88. The van der Waals surface area contributed by atoms with Gasteiger partial charge in [-0.25, -0.2) is 8.78 Å². The van der Waals surface area contributed by atoms with Gasteiger partial charge in [0.25, 0.3) is 5.92 Å². The SMILES string of the molecule is CC(=O)O[C@@H]([C@H]1C[C@@H](C)[C@H]2[C@H](O1)C(F)(F)[C@@]1(C)[C@@H]3CC[C@H]4C(C)(C)[C@@H](O[C@@H]5OC[C@@H](O)[C@H](O)[C@H]5O)CC[C@@]45C[C@@]35CC[C@]21C)C(C)(C)O. The van der Waals surface area contributed by atoms with Gasteiger partial charge in [0.2, 0.25) is 0 Å². The third-order valence-electron chi connectivity index (χ3n) is 15.9. The zero-order valence-electron chi connectivity index (χ0n) is 29.9. The highest BCUT2D eigenvalue weighted by atomic mass is 19.3. The minimum atomic E-state index is -3.13. The molecule has 7 fully saturated rings. The number of hydrogen-bond acceptors (Lipinski definition) is 9. The Morgan fingerprint density at radius 1 is 0.958 bits per heavy atom. The van der Waals surface area contributed by atoms with E-state index in [1.807, 2.05) is 13.8 Å². The third kappa shape index (κ3) is 4.39. The van der Waals surface area contributed by atoms with Gasteiger partial charge in [-0.1, -0.05) is 34.6 Å². The Bertz CT molecular complexity index is 1300. The Kier molecular flexibility index (Phi) is 7.97. The van der Waals surface area contributed by atoms with Crippen LogP contribution >= 0.6 is 0 Å². The van der Waals surface area contributed by atoms with Crippen molar-refractivity contribution in [3.8, 4) is 0 Å². The fourth-order valence-corrected chi connectivity index (χ4v) is 13.6. The minimum Gasteiger partial charge on any atom is -0.457 e. The van der Waals surface area contributed by atoms with Gasteiger partial charge in [-0.2, -0.15) is 0 Å². The number of carbonyl (C=O) groups is 1. The molecule has 48 heavy (non-hydrogen) atoms. The van der Waals surface area contributed by atoms with Crippen molar-refractivity contribution in [1.82, 2.24) is 0 Å². The molecule has 16 atom stereocenters. The van der Waals surface area contributed by atoms with Gasteiger partial charge in [-0.3, -0.25) is 4.79 Å². The molecule has 7 rings (SSSR count). The number of fused-ring (bicyclic) bond motifs is 4. The molecule has 0 unspecified atom stereocenters. The standard InChI is InChI=1S/C37H58F2O9/c1-18-15-21(28(32(5,6)44)46-19(2)40)47-29-25(18)33(7)13-14-36-17-35(36)12-11-24(48-30-27(43)26(42)20(41)16-45-30)31(3,4)22(35)9-10-23(36)34(33,8)37(29,38)39/h18,20-30,41-44H,9-17H2,1-8H3/t18-,20-,21-,22+,23+,24+,25+,26+,27-,28+,29+,30+,33-,34+,35-,36+/m1/s1. The zero-order valence-corrected chi connectivity index (χ0v) is 29.9. The molecule has 2 aliphatic heterocycles. The van der Waals surface area contributed by atoms with Crippen LogP contribution in [0, 0.1) is 50.7 Å². The molecule has 11 heteroatoms. The van der Waals surface area contributed by atoms with E-state index in [9.17, 15) is 25.2 Å². The molecule has 0 amide bonds. The summed E-state index contributed by atoms with van der Waals surface area (Å²) in [5, 5.41) is 41.7. The largest absolute Gasteiger partial charge is 0.457 e. The van der Waals surface area contributed by atoms with Crippen LogP contribution < -0.4 is 0 Å². The first-order chi connectivity index (χ1) is 22.1. The van der Waals surface area contributed by atoms with Gasteiger partial charge in [-0.15, -0.1) is 0 Å². The summed E-state index contributed by atoms with van der Waals surface area (Å²) in [4.78, 5) is 12.0. The maximum Gasteiger partial charge on any atom is 0.303 e. The Hall–Kier alpha value is -0.950. The molecule has 4 N–H and O–H groups in total. The van der Waals surface area contributed by atoms with Crippen LogP contribution in [0.3, 0.4) is 0 Å². The van der Waals surface area contributed by atoms with Crippen LogP contribution in [0.1, 0.15) is 107 Å². The van der Waals surface area contributed by atoms with Crippen LogP contribution in [-0.4, -0.2) is 93.5 Å². The summed E-state index contributed by atoms with van der Waals surface area (Å²) in [7, 11) is 0. The number of carbonyl (C=O) groups excluding carboxylic acids is 1. The van der Waals surface area contributed by atoms with Crippen LogP contribution in [-0.2, 0) is 23.7 Å². The molecule has 7 aliphatic rings. The number of halogens is 2. The monoisotopic (exact) mass is 684 g/mol. The van der Waals surface area contributed by atoms with Crippen LogP contribution in [0.15, 0.2) is 0 Å². The number of aliphatic hydroxyl groups is 4. The molecular formula is C37H58F2O9. The van der Waals surface area contributed by atoms with E-state index in [2.05, 4.69) is 20.8 Å². The second-order valence-electron chi connectivity index (χ2n) is 18.7. The number of alkyl halides is 2. The lowest BCUT2D eigenvalue weighted by Gasteiger charge is -2.63. The van der Waals surface area contributed by atoms with Gasteiger partial charge < -0.3 is 39.4 Å². The van der Waals surface area contributed by atoms with Crippen molar-refractivity contribution in [2.45, 2.75) is 167 Å². The minimum absolute atomic E-state index is 0.0639. The van der Waals surface area contributed by atoms with Crippen molar-refractivity contribution in [3.05, 3.63) is 0 Å². The summed E-state index contributed by atoms with van der Waals surface area (Å²) in [6.45, 7) is 14.6. The first kappa shape index (κ1) is 35.5. The first-order valence-electron chi connectivity index (χ1n) is 18.3. The van der Waals surface area contributed by atoms with E-state index in [-0.39, 0.29) is 52.6 Å². The summed E-state index contributed by atoms with van der Waals surface area (Å²) >= 11 is 0. The lowest BCUT2D eigenvalue weighted by atomic mass is 9.41. The van der Waals surface area contributed by atoms with Crippen molar-refractivity contribution in [3.63, 3.8) is 0 Å². The van der Waals surface area contributed by atoms with Gasteiger partial charge in [0.05, 0.1) is 24.4 Å². The predicted molar refractivity (Wildman–Crippen MR) is 170 cm³/mol. The van der Waals surface area contributed by atoms with Gasteiger partial charge in [0, 0.05) is 12.3 Å². The topological polar surface area (TPSA) is 135 Å². The van der Waals surface area contributed by atoms with Crippen LogP contribution in [0.25, 0.3) is 0 Å². The highest BCUT2D eigenvalue weighted by Crippen LogP contribution is 2.90. The average Bonchev–Trinajstić information content (AvgIpc) is 3.62. The van der Waals surface area contributed by atoms with E-state index in [1.54, 1.807) is 0 Å². The van der Waals surface area contributed by atoms with E-state index < -0.39 is 71.2 Å². The van der Waals surface area contributed by atoms with E-state index in [1.165, 1.54) is 20.8 Å². The van der Waals surface area contributed by atoms with Crippen molar-refractivity contribution < 1.29 is 52.9 Å². The maximum absolute atomic E-state index is 17.6. The van der Waals surface area contributed by atoms with Gasteiger partial charge in [0.1, 0.15) is 24.4 Å². The molecule has 0 aromatic rings. The van der Waals surface area contributed by atoms with Crippen molar-refractivity contribution in [2.75, 3.05) is 6.61 Å². The van der Waals surface area contributed by atoms with Gasteiger partial charge >= 0.3 is 5.97 Å². The molecule has 0 aromatic heterocycles. The predicted octanol–water partition coefficient (Wildman–Crippen LogP) is 4.60. The lowest BCUT2D eigenvalue weighted by molar-refractivity contribution is -0.304. The lowest BCUT2D eigenvalue weighted by Crippen LogP contribution is -2.62. The summed E-state index contributed by atoms with van der Waals surface area (Å²) in [5.41, 5.74) is -3.99. The van der Waals surface area contributed by atoms with Crippen molar-refractivity contribution >= 4 is 5.97 Å². The molecule has 0 bridgehead atoms. The van der Waals surface area contributed by atoms with E-state index in [0.717, 1.165) is 25.7 Å². The molecule has 2 saturated heterocycles. The molecule has 9 nitrogen and oxygen atoms in total. The van der Waals surface area contributed by atoms with E-state index >= 15 is 8.78 Å². The molecular weight excluding hydrogens is 626 g/mol. The number of ether oxygens (including phenoxy) is 4. The highest BCUT2D eigenvalue weighted by molar-refractivity contribution is 5.66. The van der Waals surface area contributed by atoms with Gasteiger partial charge in [-0.05, 0) is 111 Å². The number of aliphatic hydroxyl groups excluding tert-OH is 3. The van der Waals surface area contributed by atoms with Gasteiger partial charge in [0.15, 0.2) is 12.4 Å². The summed E-state index contributed by atoms with van der Waals surface area (Å²) in [5.74, 6) is -4.13. The zero-order chi connectivity index (χ0) is 35.2. The Morgan fingerprint density at radius 2 is 1.60 bits per heavy atom. The third-order valence-corrected chi connectivity index (χ3v) is 15.9. The number of hydrogen-bond donors (Lipinski definition) is 4.